The standard InChI is InChI=1S/C20H23N2O9.BrH/c1-11(23)27-10-16-17(28-12(2)24)18(29-13(3)25)19(30-14(4)26)20(31-16)22-7-5-6-15(8-21)9-22;/h5-7,9,16-20H,10H2,1-4H3;1H/q+1;/p-1. The molecule has 11 nitrogen and oxygen atoms in total. The molecule has 1 aromatic heterocycles. The van der Waals surface area contributed by atoms with E-state index in [2.05, 4.69) is 0 Å². The van der Waals surface area contributed by atoms with Gasteiger partial charge in [-0.2, -0.15) is 9.83 Å². The summed E-state index contributed by atoms with van der Waals surface area (Å²) in [5.74, 6) is -2.74. The van der Waals surface area contributed by atoms with Crippen LogP contribution in [0.4, 0.5) is 0 Å². The number of nitriles is 1. The van der Waals surface area contributed by atoms with Gasteiger partial charge in [-0.15, -0.1) is 0 Å². The number of carbonyl (C=O) groups excluding carboxylic acids is 4. The molecule has 1 saturated heterocycles. The number of hydrogen-bond acceptors (Lipinski definition) is 10. The Bertz CT molecular complexity index is 901. The molecule has 12 heteroatoms. The largest absolute Gasteiger partial charge is 1.00 e. The fourth-order valence-electron chi connectivity index (χ4n) is 3.16. The highest BCUT2D eigenvalue weighted by Crippen LogP contribution is 2.32. The first-order valence-corrected chi connectivity index (χ1v) is 9.33. The summed E-state index contributed by atoms with van der Waals surface area (Å²) >= 11 is 0. The van der Waals surface area contributed by atoms with E-state index in [4.69, 9.17) is 23.7 Å². The van der Waals surface area contributed by atoms with Crippen molar-refractivity contribution in [3.05, 3.63) is 30.1 Å². The van der Waals surface area contributed by atoms with E-state index in [1.165, 1.54) is 17.7 Å². The van der Waals surface area contributed by atoms with Crippen LogP contribution in [0.5, 0.6) is 0 Å². The first-order valence-electron chi connectivity index (χ1n) is 9.33. The van der Waals surface area contributed by atoms with Crippen molar-refractivity contribution in [3.8, 4) is 6.07 Å². The minimum absolute atomic E-state index is 0. The lowest BCUT2D eigenvalue weighted by Gasteiger charge is -2.41. The smallest absolute Gasteiger partial charge is 0.304 e. The summed E-state index contributed by atoms with van der Waals surface area (Å²) in [6.07, 6.45) is -2.90. The second-order valence-corrected chi connectivity index (χ2v) is 6.74. The lowest BCUT2D eigenvalue weighted by Crippen LogP contribution is -3.00. The minimum Gasteiger partial charge on any atom is -1.00 e. The number of esters is 4. The van der Waals surface area contributed by atoms with Crippen molar-refractivity contribution in [2.45, 2.75) is 58.3 Å². The molecular formula is C20H23BrN2O9. The van der Waals surface area contributed by atoms with Crippen LogP contribution in [0.1, 0.15) is 39.5 Å². The van der Waals surface area contributed by atoms with Crippen LogP contribution < -0.4 is 21.5 Å². The third kappa shape index (κ3) is 7.28. The molecule has 1 aliphatic rings. The lowest BCUT2D eigenvalue weighted by atomic mass is 9.97. The second-order valence-electron chi connectivity index (χ2n) is 6.74. The SMILES string of the molecule is CC(=O)OCC1OC([n+]2cccc(C#N)c2)C(OC(C)=O)C(OC(C)=O)C1OC(C)=O.[Br-]. The normalized spacial score (nSPS) is 24.2. The van der Waals surface area contributed by atoms with Gasteiger partial charge in [0.05, 0.1) is 0 Å². The maximum absolute atomic E-state index is 11.8. The van der Waals surface area contributed by atoms with Crippen molar-refractivity contribution >= 4 is 23.9 Å². The first-order chi connectivity index (χ1) is 14.6. The van der Waals surface area contributed by atoms with Crippen LogP contribution in [0.2, 0.25) is 0 Å². The summed E-state index contributed by atoms with van der Waals surface area (Å²) in [6, 6.07) is 5.12. The number of halogens is 1. The molecule has 0 amide bonds. The van der Waals surface area contributed by atoms with Crippen molar-refractivity contribution in [1.29, 1.82) is 5.26 Å². The Morgan fingerprint density at radius 2 is 1.53 bits per heavy atom. The van der Waals surface area contributed by atoms with Gasteiger partial charge < -0.3 is 40.7 Å². The Balaban J connectivity index is 0.00000512. The average Bonchev–Trinajstić information content (AvgIpc) is 2.68. The van der Waals surface area contributed by atoms with E-state index in [1.54, 1.807) is 18.3 Å². The molecule has 2 rings (SSSR count). The van der Waals surface area contributed by atoms with Crippen LogP contribution in [0.15, 0.2) is 24.5 Å². The summed E-state index contributed by atoms with van der Waals surface area (Å²) in [5, 5.41) is 9.21. The van der Waals surface area contributed by atoms with Crippen molar-refractivity contribution in [3.63, 3.8) is 0 Å². The molecular weight excluding hydrogens is 492 g/mol. The van der Waals surface area contributed by atoms with Gasteiger partial charge in [-0.05, 0) is 6.07 Å². The average molecular weight is 515 g/mol. The molecule has 0 bridgehead atoms. The molecule has 5 atom stereocenters. The second kappa shape index (κ2) is 12.1. The number of ether oxygens (including phenoxy) is 5. The number of pyridine rings is 1. The van der Waals surface area contributed by atoms with Crippen LogP contribution in [-0.4, -0.2) is 54.9 Å². The fourth-order valence-corrected chi connectivity index (χ4v) is 3.16. The topological polar surface area (TPSA) is 142 Å². The zero-order valence-electron chi connectivity index (χ0n) is 17.8. The molecule has 0 radical (unpaired) electrons. The van der Waals surface area contributed by atoms with Gasteiger partial charge in [0.1, 0.15) is 24.3 Å². The summed E-state index contributed by atoms with van der Waals surface area (Å²) < 4.78 is 28.5. The third-order valence-corrected chi connectivity index (χ3v) is 4.21. The van der Waals surface area contributed by atoms with Gasteiger partial charge in [-0.1, -0.05) is 0 Å². The van der Waals surface area contributed by atoms with Crippen LogP contribution in [-0.2, 0) is 42.9 Å². The fraction of sp³-hybridized carbons (Fsp3) is 0.500. The van der Waals surface area contributed by atoms with Gasteiger partial charge in [0.2, 0.25) is 6.10 Å². The van der Waals surface area contributed by atoms with Gasteiger partial charge in [-0.3, -0.25) is 19.2 Å². The van der Waals surface area contributed by atoms with Crippen LogP contribution >= 0.6 is 0 Å². The molecule has 5 unspecified atom stereocenters. The molecule has 32 heavy (non-hydrogen) atoms. The molecule has 0 aromatic carbocycles. The van der Waals surface area contributed by atoms with Crippen LogP contribution in [0.25, 0.3) is 0 Å². The molecule has 0 aliphatic carbocycles. The molecule has 0 N–H and O–H groups in total. The van der Waals surface area contributed by atoms with E-state index in [0.717, 1.165) is 20.8 Å². The van der Waals surface area contributed by atoms with E-state index in [0.29, 0.717) is 0 Å². The minimum atomic E-state index is -1.28. The first kappa shape index (κ1) is 27.0. The monoisotopic (exact) mass is 514 g/mol. The summed E-state index contributed by atoms with van der Waals surface area (Å²) in [6.45, 7) is 4.31. The molecule has 1 aromatic rings. The number of carbonyl (C=O) groups is 4. The van der Waals surface area contributed by atoms with Crippen molar-refractivity contribution in [1.82, 2.24) is 0 Å². The Kier molecular flexibility index (Phi) is 10.2. The maximum atomic E-state index is 11.8. The zero-order chi connectivity index (χ0) is 23.1. The molecule has 174 valence electrons. The summed E-state index contributed by atoms with van der Waals surface area (Å²) in [7, 11) is 0. The van der Waals surface area contributed by atoms with Gasteiger partial charge in [0, 0.05) is 33.8 Å². The molecule has 0 saturated carbocycles. The quantitative estimate of drug-likeness (QED) is 0.220. The number of rotatable bonds is 6. The predicted molar refractivity (Wildman–Crippen MR) is 98.6 cm³/mol. The van der Waals surface area contributed by atoms with Crippen molar-refractivity contribution in [2.75, 3.05) is 6.61 Å². The van der Waals surface area contributed by atoms with E-state index in [-0.39, 0.29) is 29.2 Å². The Morgan fingerprint density at radius 3 is 2.06 bits per heavy atom. The number of aromatic nitrogens is 1. The van der Waals surface area contributed by atoms with E-state index in [1.807, 2.05) is 6.07 Å². The van der Waals surface area contributed by atoms with Crippen LogP contribution in [0, 0.1) is 11.3 Å². The van der Waals surface area contributed by atoms with Gasteiger partial charge >= 0.3 is 30.1 Å². The zero-order valence-corrected chi connectivity index (χ0v) is 19.4. The highest BCUT2D eigenvalue weighted by atomic mass is 79.9. The Labute approximate surface area is 194 Å². The number of hydrogen-bond donors (Lipinski definition) is 0. The van der Waals surface area contributed by atoms with E-state index in [9.17, 15) is 24.4 Å². The van der Waals surface area contributed by atoms with Crippen molar-refractivity contribution in [2.24, 2.45) is 0 Å². The molecule has 2 heterocycles. The van der Waals surface area contributed by atoms with Gasteiger partial charge in [0.15, 0.2) is 24.6 Å². The Hall–Kier alpha value is -3.04. The molecule has 1 fully saturated rings. The summed E-state index contributed by atoms with van der Waals surface area (Å²) in [5.41, 5.74) is 0.287. The highest BCUT2D eigenvalue weighted by molar-refractivity contribution is 5.68. The maximum Gasteiger partial charge on any atom is 0.304 e. The predicted octanol–water partition coefficient (Wildman–Crippen LogP) is -2.89. The number of nitrogens with zero attached hydrogens (tertiary/aromatic N) is 2. The summed E-state index contributed by atoms with van der Waals surface area (Å²) in [4.78, 5) is 46.7. The Morgan fingerprint density at radius 1 is 0.969 bits per heavy atom. The third-order valence-electron chi connectivity index (χ3n) is 4.21. The molecule has 1 aliphatic heterocycles. The van der Waals surface area contributed by atoms with Crippen LogP contribution in [0.3, 0.4) is 0 Å². The molecule has 0 spiro atoms. The van der Waals surface area contributed by atoms with Crippen molar-refractivity contribution < 1.29 is 64.4 Å². The highest BCUT2D eigenvalue weighted by Gasteiger charge is 2.56. The van der Waals surface area contributed by atoms with E-state index >= 15 is 0 Å². The van der Waals surface area contributed by atoms with Gasteiger partial charge in [0.25, 0.3) is 0 Å². The lowest BCUT2D eigenvalue weighted by molar-refractivity contribution is -0.777. The van der Waals surface area contributed by atoms with Gasteiger partial charge in [-0.25, -0.2) is 0 Å². The van der Waals surface area contributed by atoms with E-state index < -0.39 is 54.5 Å².